The molecular formula is C14H18FN3O3. The van der Waals surface area contributed by atoms with Crippen molar-refractivity contribution < 1.29 is 14.1 Å². The number of rotatable bonds is 5. The zero-order valence-electron chi connectivity index (χ0n) is 11.6. The number of carbonyl (C=O) groups is 1. The quantitative estimate of drug-likeness (QED) is 0.646. The van der Waals surface area contributed by atoms with Crippen molar-refractivity contribution in [2.75, 3.05) is 11.9 Å². The molecule has 0 spiro atoms. The minimum absolute atomic E-state index is 0.0257. The molecule has 1 unspecified atom stereocenters. The van der Waals surface area contributed by atoms with Crippen molar-refractivity contribution in [3.8, 4) is 0 Å². The fourth-order valence-corrected chi connectivity index (χ4v) is 2.41. The van der Waals surface area contributed by atoms with Gasteiger partial charge in [0.2, 0.25) is 5.91 Å². The molecule has 1 aliphatic rings. The molecule has 21 heavy (non-hydrogen) atoms. The van der Waals surface area contributed by atoms with Gasteiger partial charge >= 0.3 is 0 Å². The Bertz CT molecular complexity index is 530. The molecule has 1 aromatic rings. The lowest BCUT2D eigenvalue weighted by Gasteiger charge is -2.23. The van der Waals surface area contributed by atoms with Gasteiger partial charge in [-0.05, 0) is 31.9 Å². The third kappa shape index (κ3) is 4.49. The van der Waals surface area contributed by atoms with Crippen LogP contribution in [0, 0.1) is 15.9 Å². The highest BCUT2D eigenvalue weighted by molar-refractivity contribution is 5.90. The normalized spacial score (nSPS) is 18.2. The first kappa shape index (κ1) is 15.4. The number of nitro benzene ring substituents is 1. The van der Waals surface area contributed by atoms with E-state index < -0.39 is 10.7 Å². The van der Waals surface area contributed by atoms with Crippen LogP contribution in [0.4, 0.5) is 15.8 Å². The van der Waals surface area contributed by atoms with Crippen molar-refractivity contribution in [2.24, 2.45) is 0 Å². The van der Waals surface area contributed by atoms with Gasteiger partial charge in [0.15, 0.2) is 5.82 Å². The number of nitrogens with one attached hydrogen (secondary N) is 2. The lowest BCUT2D eigenvalue weighted by atomic mass is 10.0. The summed E-state index contributed by atoms with van der Waals surface area (Å²) in [5.41, 5.74) is -0.362. The maximum Gasteiger partial charge on any atom is 0.272 e. The molecule has 1 amide bonds. The van der Waals surface area contributed by atoms with E-state index >= 15 is 0 Å². The standard InChI is InChI=1S/C14H18FN3O3/c15-12-9-11(18(20)21)5-6-13(12)17-14(19)7-4-10-3-1-2-8-16-10/h5-6,9-10,16H,1-4,7-8H2,(H,17,19). The second-order valence-corrected chi connectivity index (χ2v) is 5.15. The minimum atomic E-state index is -0.798. The van der Waals surface area contributed by atoms with Crippen molar-refractivity contribution in [3.05, 3.63) is 34.1 Å². The maximum absolute atomic E-state index is 13.6. The lowest BCUT2D eigenvalue weighted by molar-refractivity contribution is -0.385. The molecule has 7 heteroatoms. The number of hydrogen-bond donors (Lipinski definition) is 2. The summed E-state index contributed by atoms with van der Waals surface area (Å²) in [6.45, 7) is 0.975. The number of benzene rings is 1. The number of nitrogens with zero attached hydrogens (tertiary/aromatic N) is 1. The van der Waals surface area contributed by atoms with E-state index in [1.165, 1.54) is 12.1 Å². The Morgan fingerprint density at radius 1 is 1.48 bits per heavy atom. The second kappa shape index (κ2) is 7.12. The summed E-state index contributed by atoms with van der Waals surface area (Å²) in [4.78, 5) is 21.6. The fraction of sp³-hybridized carbons (Fsp3) is 0.500. The smallest absolute Gasteiger partial charge is 0.272 e. The molecule has 0 aromatic heterocycles. The van der Waals surface area contributed by atoms with Gasteiger partial charge in [0.25, 0.3) is 5.69 Å². The summed E-state index contributed by atoms with van der Waals surface area (Å²) in [5.74, 6) is -1.08. The molecule has 0 bridgehead atoms. The second-order valence-electron chi connectivity index (χ2n) is 5.15. The van der Waals surface area contributed by atoms with E-state index in [-0.39, 0.29) is 17.3 Å². The average molecular weight is 295 g/mol. The molecule has 1 fully saturated rings. The van der Waals surface area contributed by atoms with E-state index in [2.05, 4.69) is 10.6 Å². The first-order valence-corrected chi connectivity index (χ1v) is 7.03. The van der Waals surface area contributed by atoms with Crippen molar-refractivity contribution in [1.82, 2.24) is 5.32 Å². The summed E-state index contributed by atoms with van der Waals surface area (Å²) in [6, 6.07) is 3.52. The molecule has 1 aromatic carbocycles. The topological polar surface area (TPSA) is 84.3 Å². The van der Waals surface area contributed by atoms with E-state index in [4.69, 9.17) is 0 Å². The van der Waals surface area contributed by atoms with E-state index in [0.717, 1.165) is 31.9 Å². The number of carbonyl (C=O) groups excluding carboxylic acids is 1. The Morgan fingerprint density at radius 3 is 2.90 bits per heavy atom. The highest BCUT2D eigenvalue weighted by Gasteiger charge is 2.16. The molecule has 1 atom stereocenters. The van der Waals surface area contributed by atoms with Crippen LogP contribution in [0.2, 0.25) is 0 Å². The Labute approximate surface area is 121 Å². The highest BCUT2D eigenvalue weighted by Crippen LogP contribution is 2.21. The van der Waals surface area contributed by atoms with Gasteiger partial charge in [-0.25, -0.2) is 4.39 Å². The van der Waals surface area contributed by atoms with Gasteiger partial charge in [-0.3, -0.25) is 14.9 Å². The Morgan fingerprint density at radius 2 is 2.29 bits per heavy atom. The van der Waals surface area contributed by atoms with Crippen LogP contribution in [0.15, 0.2) is 18.2 Å². The van der Waals surface area contributed by atoms with Crippen LogP contribution in [0.25, 0.3) is 0 Å². The number of piperidine rings is 1. The number of anilines is 1. The summed E-state index contributed by atoms with van der Waals surface area (Å²) in [7, 11) is 0. The van der Waals surface area contributed by atoms with Gasteiger partial charge in [-0.1, -0.05) is 6.42 Å². The third-order valence-electron chi connectivity index (χ3n) is 3.57. The summed E-state index contributed by atoms with van der Waals surface area (Å²) < 4.78 is 13.6. The molecule has 1 aliphatic heterocycles. The zero-order valence-corrected chi connectivity index (χ0v) is 11.6. The van der Waals surface area contributed by atoms with Crippen LogP contribution >= 0.6 is 0 Å². The molecule has 2 N–H and O–H groups in total. The molecule has 6 nitrogen and oxygen atoms in total. The lowest BCUT2D eigenvalue weighted by Crippen LogP contribution is -2.34. The van der Waals surface area contributed by atoms with Crippen LogP contribution in [-0.4, -0.2) is 23.4 Å². The molecule has 1 saturated heterocycles. The van der Waals surface area contributed by atoms with Crippen molar-refractivity contribution >= 4 is 17.3 Å². The van der Waals surface area contributed by atoms with Crippen molar-refractivity contribution in [2.45, 2.75) is 38.1 Å². The van der Waals surface area contributed by atoms with Gasteiger partial charge in [-0.15, -0.1) is 0 Å². The first-order chi connectivity index (χ1) is 10.1. The summed E-state index contributed by atoms with van der Waals surface area (Å²) in [6.07, 6.45) is 4.39. The van der Waals surface area contributed by atoms with E-state index in [1.54, 1.807) is 0 Å². The summed E-state index contributed by atoms with van der Waals surface area (Å²) in [5, 5.41) is 16.3. The van der Waals surface area contributed by atoms with E-state index in [9.17, 15) is 19.3 Å². The molecule has 0 aliphatic carbocycles. The van der Waals surface area contributed by atoms with Crippen LogP contribution in [0.1, 0.15) is 32.1 Å². The van der Waals surface area contributed by atoms with Gasteiger partial charge in [0, 0.05) is 18.5 Å². The van der Waals surface area contributed by atoms with Gasteiger partial charge < -0.3 is 10.6 Å². The van der Waals surface area contributed by atoms with Crippen molar-refractivity contribution in [3.63, 3.8) is 0 Å². The maximum atomic E-state index is 13.6. The van der Waals surface area contributed by atoms with Crippen LogP contribution in [-0.2, 0) is 4.79 Å². The highest BCUT2D eigenvalue weighted by atomic mass is 19.1. The molecule has 0 saturated carbocycles. The third-order valence-corrected chi connectivity index (χ3v) is 3.57. The molecule has 0 radical (unpaired) electrons. The van der Waals surface area contributed by atoms with E-state index in [1.807, 2.05) is 0 Å². The SMILES string of the molecule is O=C(CCC1CCCCN1)Nc1ccc([N+](=O)[O-])cc1F. The predicted molar refractivity (Wildman–Crippen MR) is 76.6 cm³/mol. The van der Waals surface area contributed by atoms with Gasteiger partial charge in [0.1, 0.15) is 0 Å². The van der Waals surface area contributed by atoms with Crippen LogP contribution in [0.3, 0.4) is 0 Å². The number of nitro groups is 1. The summed E-state index contributed by atoms with van der Waals surface area (Å²) >= 11 is 0. The fourth-order valence-electron chi connectivity index (χ4n) is 2.41. The largest absolute Gasteiger partial charge is 0.324 e. The number of hydrogen-bond acceptors (Lipinski definition) is 4. The Balaban J connectivity index is 1.85. The number of halogens is 1. The van der Waals surface area contributed by atoms with Crippen molar-refractivity contribution in [1.29, 1.82) is 0 Å². The number of non-ortho nitro benzene ring substituents is 1. The average Bonchev–Trinajstić information content (AvgIpc) is 2.48. The van der Waals surface area contributed by atoms with Crippen LogP contribution < -0.4 is 10.6 Å². The molecule has 114 valence electrons. The monoisotopic (exact) mass is 295 g/mol. The Kier molecular flexibility index (Phi) is 5.21. The Hall–Kier alpha value is -2.02. The molecule has 2 rings (SSSR count). The first-order valence-electron chi connectivity index (χ1n) is 7.03. The van der Waals surface area contributed by atoms with E-state index in [0.29, 0.717) is 18.9 Å². The molecule has 1 heterocycles. The van der Waals surface area contributed by atoms with Gasteiger partial charge in [0.05, 0.1) is 16.7 Å². The van der Waals surface area contributed by atoms with Gasteiger partial charge in [-0.2, -0.15) is 0 Å². The molecular weight excluding hydrogens is 277 g/mol. The number of amides is 1. The predicted octanol–water partition coefficient (Wildman–Crippen LogP) is 2.59. The van der Waals surface area contributed by atoms with Crippen LogP contribution in [0.5, 0.6) is 0 Å². The zero-order chi connectivity index (χ0) is 15.2. The minimum Gasteiger partial charge on any atom is -0.324 e.